The van der Waals surface area contributed by atoms with Gasteiger partial charge in [-0.05, 0) is 37.3 Å². The first-order chi connectivity index (χ1) is 11.5. The molecule has 0 aliphatic heterocycles. The Morgan fingerprint density at radius 3 is 2.71 bits per heavy atom. The van der Waals surface area contributed by atoms with Gasteiger partial charge in [-0.1, -0.05) is 24.3 Å². The van der Waals surface area contributed by atoms with Gasteiger partial charge in [-0.3, -0.25) is 4.79 Å². The van der Waals surface area contributed by atoms with Gasteiger partial charge in [0.25, 0.3) is 5.91 Å². The number of nitrogens with one attached hydrogen (secondary N) is 1. The van der Waals surface area contributed by atoms with Crippen molar-refractivity contribution < 1.29 is 15.0 Å². The number of amides is 1. The third-order valence-electron chi connectivity index (χ3n) is 3.53. The monoisotopic (exact) mass is 321 g/mol. The summed E-state index contributed by atoms with van der Waals surface area (Å²) in [6.07, 6.45) is 0. The van der Waals surface area contributed by atoms with Gasteiger partial charge < -0.3 is 10.2 Å². The minimum absolute atomic E-state index is 0.000118. The van der Waals surface area contributed by atoms with Crippen LogP contribution < -0.4 is 5.43 Å². The van der Waals surface area contributed by atoms with E-state index in [9.17, 15) is 15.0 Å². The lowest BCUT2D eigenvalue weighted by atomic mass is 10.1. The van der Waals surface area contributed by atoms with Crippen LogP contribution in [0.1, 0.15) is 23.0 Å². The molecule has 120 valence electrons. The Morgan fingerprint density at radius 2 is 1.88 bits per heavy atom. The predicted octanol–water partition coefficient (Wildman–Crippen LogP) is 2.80. The molecule has 6 nitrogen and oxygen atoms in total. The molecule has 0 saturated heterocycles. The summed E-state index contributed by atoms with van der Waals surface area (Å²) < 4.78 is 0. The minimum atomic E-state index is -0.459. The first kappa shape index (κ1) is 15.5. The van der Waals surface area contributed by atoms with Gasteiger partial charge in [-0.15, -0.1) is 0 Å². The zero-order chi connectivity index (χ0) is 17.1. The molecule has 24 heavy (non-hydrogen) atoms. The molecule has 1 aromatic heterocycles. The van der Waals surface area contributed by atoms with Gasteiger partial charge in [0.1, 0.15) is 17.2 Å². The molecule has 2 aromatic carbocycles. The van der Waals surface area contributed by atoms with Crippen molar-refractivity contribution >= 4 is 22.5 Å². The molecule has 0 bridgehead atoms. The third kappa shape index (κ3) is 3.17. The zero-order valence-corrected chi connectivity index (χ0v) is 12.9. The summed E-state index contributed by atoms with van der Waals surface area (Å²) in [4.78, 5) is 16.5. The largest absolute Gasteiger partial charge is 0.508 e. The van der Waals surface area contributed by atoms with Crippen LogP contribution in [0.15, 0.2) is 59.7 Å². The number of rotatable bonds is 3. The lowest BCUT2D eigenvalue weighted by molar-refractivity contribution is 0.0950. The summed E-state index contributed by atoms with van der Waals surface area (Å²) in [5.41, 5.74) is 4.06. The van der Waals surface area contributed by atoms with E-state index in [2.05, 4.69) is 15.5 Å². The van der Waals surface area contributed by atoms with Crippen molar-refractivity contribution in [3.63, 3.8) is 0 Å². The summed E-state index contributed by atoms with van der Waals surface area (Å²) in [5, 5.41) is 24.2. The van der Waals surface area contributed by atoms with Crippen LogP contribution in [-0.4, -0.2) is 26.8 Å². The van der Waals surface area contributed by atoms with Gasteiger partial charge in [-0.25, -0.2) is 10.4 Å². The third-order valence-corrected chi connectivity index (χ3v) is 3.53. The van der Waals surface area contributed by atoms with Crippen LogP contribution in [0.3, 0.4) is 0 Å². The first-order valence-corrected chi connectivity index (χ1v) is 7.27. The molecule has 0 atom stereocenters. The topological polar surface area (TPSA) is 94.8 Å². The number of benzene rings is 2. The molecule has 6 heteroatoms. The molecule has 0 spiro atoms. The molecule has 0 fully saturated rings. The number of aromatic hydroxyl groups is 2. The number of hydrazone groups is 1. The van der Waals surface area contributed by atoms with Crippen LogP contribution in [0.4, 0.5) is 0 Å². The Kier molecular flexibility index (Phi) is 4.11. The molecule has 3 aromatic rings. The highest BCUT2D eigenvalue weighted by molar-refractivity contribution is 6.02. The Balaban J connectivity index is 1.81. The smallest absolute Gasteiger partial charge is 0.289 e. The molecule has 0 aliphatic carbocycles. The zero-order valence-electron chi connectivity index (χ0n) is 12.9. The van der Waals surface area contributed by atoms with Crippen molar-refractivity contribution in [1.82, 2.24) is 10.4 Å². The number of phenols is 2. The molecular formula is C18H15N3O3. The van der Waals surface area contributed by atoms with Crippen molar-refractivity contribution in [2.45, 2.75) is 6.92 Å². The van der Waals surface area contributed by atoms with E-state index in [-0.39, 0.29) is 17.2 Å². The van der Waals surface area contributed by atoms with Crippen molar-refractivity contribution in [1.29, 1.82) is 0 Å². The fourth-order valence-corrected chi connectivity index (χ4v) is 2.26. The van der Waals surface area contributed by atoms with Gasteiger partial charge in [0.15, 0.2) is 0 Å². The van der Waals surface area contributed by atoms with Crippen LogP contribution in [-0.2, 0) is 0 Å². The summed E-state index contributed by atoms with van der Waals surface area (Å²) in [7, 11) is 0. The maximum absolute atomic E-state index is 12.2. The van der Waals surface area contributed by atoms with Crippen LogP contribution in [0.5, 0.6) is 11.5 Å². The number of hydrogen-bond donors (Lipinski definition) is 3. The Hall–Kier alpha value is -3.41. The van der Waals surface area contributed by atoms with Gasteiger partial charge >= 0.3 is 0 Å². The van der Waals surface area contributed by atoms with E-state index >= 15 is 0 Å². The van der Waals surface area contributed by atoms with Gasteiger partial charge in [0, 0.05) is 10.9 Å². The number of carbonyl (C=O) groups excluding carboxylic acids is 1. The summed E-state index contributed by atoms with van der Waals surface area (Å²) in [5.74, 6) is -0.494. The standard InChI is InChI=1S/C18H15N3O3/c1-11(14-10-13(22)7-9-17(14)23)20-21-18(24)16-8-6-12-4-2-3-5-15(12)19-16/h2-10,22-23H,1H3,(H,21,24)/b20-11+. The highest BCUT2D eigenvalue weighted by Gasteiger charge is 2.09. The number of nitrogens with zero attached hydrogens (tertiary/aromatic N) is 2. The second-order valence-electron chi connectivity index (χ2n) is 5.23. The lowest BCUT2D eigenvalue weighted by Crippen LogP contribution is -2.20. The highest BCUT2D eigenvalue weighted by Crippen LogP contribution is 2.22. The van der Waals surface area contributed by atoms with Crippen molar-refractivity contribution in [3.05, 3.63) is 65.9 Å². The maximum Gasteiger partial charge on any atom is 0.289 e. The predicted molar refractivity (Wildman–Crippen MR) is 91.2 cm³/mol. The second-order valence-corrected chi connectivity index (χ2v) is 5.23. The van der Waals surface area contributed by atoms with Gasteiger partial charge in [0.05, 0.1) is 11.2 Å². The highest BCUT2D eigenvalue weighted by atomic mass is 16.3. The van der Waals surface area contributed by atoms with Crippen LogP contribution in [0.2, 0.25) is 0 Å². The Labute approximate surface area is 138 Å². The van der Waals surface area contributed by atoms with E-state index in [4.69, 9.17) is 0 Å². The second kappa shape index (κ2) is 6.37. The van der Waals surface area contributed by atoms with E-state index in [1.165, 1.54) is 18.2 Å². The van der Waals surface area contributed by atoms with Crippen LogP contribution >= 0.6 is 0 Å². The normalized spacial score (nSPS) is 11.5. The maximum atomic E-state index is 12.2. The number of carbonyl (C=O) groups is 1. The molecule has 0 unspecified atom stereocenters. The molecule has 1 heterocycles. The van der Waals surface area contributed by atoms with E-state index in [1.807, 2.05) is 30.3 Å². The number of aromatic nitrogens is 1. The molecule has 3 N–H and O–H groups in total. The number of fused-ring (bicyclic) bond motifs is 1. The molecule has 0 radical (unpaired) electrons. The summed E-state index contributed by atoms with van der Waals surface area (Å²) in [6, 6.07) is 15.0. The molecular weight excluding hydrogens is 306 g/mol. The molecule has 0 saturated carbocycles. The van der Waals surface area contributed by atoms with Crippen LogP contribution in [0.25, 0.3) is 10.9 Å². The Bertz CT molecular complexity index is 951. The number of hydrogen-bond acceptors (Lipinski definition) is 5. The van der Waals surface area contributed by atoms with E-state index in [0.717, 1.165) is 10.9 Å². The molecule has 3 rings (SSSR count). The van der Waals surface area contributed by atoms with E-state index in [0.29, 0.717) is 11.3 Å². The Morgan fingerprint density at radius 1 is 1.08 bits per heavy atom. The molecule has 1 amide bonds. The first-order valence-electron chi connectivity index (χ1n) is 7.27. The van der Waals surface area contributed by atoms with Gasteiger partial charge in [0.2, 0.25) is 0 Å². The number of phenolic OH excluding ortho intramolecular Hbond substituents is 2. The van der Waals surface area contributed by atoms with Gasteiger partial charge in [-0.2, -0.15) is 5.10 Å². The average Bonchev–Trinajstić information content (AvgIpc) is 2.61. The fourth-order valence-electron chi connectivity index (χ4n) is 2.26. The lowest BCUT2D eigenvalue weighted by Gasteiger charge is -2.06. The quantitative estimate of drug-likeness (QED) is 0.393. The van der Waals surface area contributed by atoms with E-state index < -0.39 is 5.91 Å². The number of para-hydroxylation sites is 1. The van der Waals surface area contributed by atoms with E-state index in [1.54, 1.807) is 13.0 Å². The summed E-state index contributed by atoms with van der Waals surface area (Å²) >= 11 is 0. The minimum Gasteiger partial charge on any atom is -0.508 e. The van der Waals surface area contributed by atoms with Crippen molar-refractivity contribution in [3.8, 4) is 11.5 Å². The van der Waals surface area contributed by atoms with Crippen LogP contribution in [0, 0.1) is 0 Å². The molecule has 0 aliphatic rings. The average molecular weight is 321 g/mol. The van der Waals surface area contributed by atoms with Crippen molar-refractivity contribution in [2.24, 2.45) is 5.10 Å². The summed E-state index contributed by atoms with van der Waals surface area (Å²) in [6.45, 7) is 1.61. The fraction of sp³-hybridized carbons (Fsp3) is 0.0556. The van der Waals surface area contributed by atoms with Crippen molar-refractivity contribution in [2.75, 3.05) is 0 Å². The number of pyridine rings is 1. The SMILES string of the molecule is C/C(=N\NC(=O)c1ccc2ccccc2n1)c1cc(O)ccc1O.